The molecule has 0 aliphatic heterocycles. The Hall–Kier alpha value is -0.890. The predicted octanol–water partition coefficient (Wildman–Crippen LogP) is 4.37. The fraction of sp³-hybridized carbons (Fsp3) is 0.500. The van der Waals surface area contributed by atoms with Crippen molar-refractivity contribution in [2.45, 2.75) is 41.5 Å². The van der Waals surface area contributed by atoms with Crippen LogP contribution in [0.15, 0.2) is 18.2 Å². The molecule has 2 heteroatoms. The minimum absolute atomic E-state index is 0.0396. The van der Waals surface area contributed by atoms with Crippen molar-refractivity contribution in [1.29, 1.82) is 0 Å². The molecular formula is C14H23NS. The first-order chi connectivity index (χ1) is 7.32. The van der Waals surface area contributed by atoms with Crippen LogP contribution in [0.3, 0.4) is 0 Å². The highest BCUT2D eigenvalue weighted by Gasteiger charge is 2.18. The third-order valence-electron chi connectivity index (χ3n) is 2.21. The van der Waals surface area contributed by atoms with Crippen LogP contribution in [0.4, 0.5) is 5.69 Å². The Morgan fingerprint density at radius 1 is 1.19 bits per heavy atom. The van der Waals surface area contributed by atoms with Gasteiger partial charge in [-0.05, 0) is 35.6 Å². The first kappa shape index (κ1) is 15.1. The summed E-state index contributed by atoms with van der Waals surface area (Å²) in [5.41, 5.74) is 8.82. The summed E-state index contributed by atoms with van der Waals surface area (Å²) in [6.07, 6.45) is 0. The number of nitrogens with two attached hydrogens (primary N) is 1. The van der Waals surface area contributed by atoms with Gasteiger partial charge in [-0.25, -0.2) is 0 Å². The molecule has 0 unspecified atom stereocenters. The molecule has 0 fully saturated rings. The maximum Gasteiger partial charge on any atom is 0.0344 e. The second-order valence-corrected chi connectivity index (χ2v) is 5.06. The number of nitrogen functional groups attached to an aromatic ring is 1. The van der Waals surface area contributed by atoms with E-state index in [9.17, 15) is 0 Å². The van der Waals surface area contributed by atoms with E-state index in [1.165, 1.54) is 0 Å². The van der Waals surface area contributed by atoms with Gasteiger partial charge in [-0.3, -0.25) is 0 Å². The average Bonchev–Trinajstić information content (AvgIpc) is 2.23. The van der Waals surface area contributed by atoms with Gasteiger partial charge in [0.1, 0.15) is 0 Å². The van der Waals surface area contributed by atoms with Crippen LogP contribution >= 0.6 is 12.2 Å². The number of hydrogen-bond acceptors (Lipinski definition) is 2. The lowest BCUT2D eigenvalue weighted by Gasteiger charge is -2.20. The van der Waals surface area contributed by atoms with E-state index in [1.54, 1.807) is 0 Å². The molecule has 0 atom stereocenters. The van der Waals surface area contributed by atoms with Crippen molar-refractivity contribution in [2.75, 3.05) is 5.73 Å². The Labute approximate surface area is 105 Å². The fourth-order valence-electron chi connectivity index (χ4n) is 1.25. The van der Waals surface area contributed by atoms with E-state index in [0.29, 0.717) is 0 Å². The highest BCUT2D eigenvalue weighted by atomic mass is 32.1. The van der Waals surface area contributed by atoms with E-state index in [4.69, 9.17) is 18.0 Å². The highest BCUT2D eigenvalue weighted by Crippen LogP contribution is 2.24. The molecule has 1 aromatic carbocycles. The number of benzene rings is 1. The molecule has 0 aliphatic carbocycles. The van der Waals surface area contributed by atoms with Gasteiger partial charge in [-0.15, -0.1) is 0 Å². The third kappa shape index (κ3) is 3.93. The zero-order valence-electron chi connectivity index (χ0n) is 11.2. The molecule has 0 heterocycles. The summed E-state index contributed by atoms with van der Waals surface area (Å²) in [5, 5.41) is 0. The van der Waals surface area contributed by atoms with Crippen LogP contribution in [0.1, 0.15) is 45.7 Å². The van der Waals surface area contributed by atoms with Crippen LogP contribution < -0.4 is 5.73 Å². The van der Waals surface area contributed by atoms with Crippen LogP contribution in [0.2, 0.25) is 0 Å². The molecule has 0 aromatic heterocycles. The summed E-state index contributed by atoms with van der Waals surface area (Å²) in [5.74, 6) is 0. The van der Waals surface area contributed by atoms with Crippen molar-refractivity contribution in [1.82, 2.24) is 0 Å². The van der Waals surface area contributed by atoms with Crippen molar-refractivity contribution >= 4 is 22.8 Å². The molecule has 90 valence electrons. The van der Waals surface area contributed by atoms with E-state index >= 15 is 0 Å². The highest BCUT2D eigenvalue weighted by molar-refractivity contribution is 7.81. The summed E-state index contributed by atoms with van der Waals surface area (Å²) in [7, 11) is 0. The Kier molecular flexibility index (Phi) is 5.66. The fourth-order valence-corrected chi connectivity index (χ4v) is 1.38. The molecule has 0 radical (unpaired) electrons. The second-order valence-electron chi connectivity index (χ2n) is 4.65. The van der Waals surface area contributed by atoms with Crippen molar-refractivity contribution in [3.8, 4) is 0 Å². The SMILES string of the molecule is CC.Cc1cc(C(=S)C(C)(C)C)ccc1N. The monoisotopic (exact) mass is 237 g/mol. The first-order valence-electron chi connectivity index (χ1n) is 5.73. The van der Waals surface area contributed by atoms with Crippen LogP contribution in [-0.2, 0) is 0 Å². The van der Waals surface area contributed by atoms with Gasteiger partial charge in [-0.1, -0.05) is 52.9 Å². The lowest BCUT2D eigenvalue weighted by Crippen LogP contribution is -2.19. The topological polar surface area (TPSA) is 26.0 Å². The molecule has 1 rings (SSSR count). The Bertz CT molecular complexity index is 361. The zero-order valence-corrected chi connectivity index (χ0v) is 12.0. The minimum Gasteiger partial charge on any atom is -0.399 e. The summed E-state index contributed by atoms with van der Waals surface area (Å²) < 4.78 is 0. The molecular weight excluding hydrogens is 214 g/mol. The molecule has 0 bridgehead atoms. The van der Waals surface area contributed by atoms with E-state index in [-0.39, 0.29) is 5.41 Å². The quantitative estimate of drug-likeness (QED) is 0.446. The maximum absolute atomic E-state index is 5.75. The molecule has 1 nitrogen and oxygen atoms in total. The van der Waals surface area contributed by atoms with Gasteiger partial charge in [0.05, 0.1) is 0 Å². The number of hydrogen-bond donors (Lipinski definition) is 1. The van der Waals surface area contributed by atoms with E-state index < -0.39 is 0 Å². The van der Waals surface area contributed by atoms with Crippen LogP contribution in [0.5, 0.6) is 0 Å². The van der Waals surface area contributed by atoms with Crippen LogP contribution in [-0.4, -0.2) is 4.86 Å². The molecule has 16 heavy (non-hydrogen) atoms. The van der Waals surface area contributed by atoms with Crippen LogP contribution in [0, 0.1) is 12.3 Å². The molecule has 0 amide bonds. The second kappa shape index (κ2) is 6.00. The maximum atomic E-state index is 5.75. The summed E-state index contributed by atoms with van der Waals surface area (Å²) in [6.45, 7) is 12.4. The number of anilines is 1. The van der Waals surface area contributed by atoms with Gasteiger partial charge in [0.15, 0.2) is 0 Å². The van der Waals surface area contributed by atoms with E-state index in [2.05, 4.69) is 26.8 Å². The molecule has 0 spiro atoms. The summed E-state index contributed by atoms with van der Waals surface area (Å²) in [6, 6.07) is 5.97. The Morgan fingerprint density at radius 2 is 1.69 bits per heavy atom. The van der Waals surface area contributed by atoms with Gasteiger partial charge in [0.2, 0.25) is 0 Å². The number of thiocarbonyl (C=S) groups is 1. The minimum atomic E-state index is 0.0396. The Balaban J connectivity index is 0.00000106. The van der Waals surface area contributed by atoms with Crippen LogP contribution in [0.25, 0.3) is 0 Å². The van der Waals surface area contributed by atoms with Gasteiger partial charge in [0.25, 0.3) is 0 Å². The zero-order chi connectivity index (χ0) is 12.9. The first-order valence-corrected chi connectivity index (χ1v) is 6.14. The number of rotatable bonds is 1. The Morgan fingerprint density at radius 3 is 2.06 bits per heavy atom. The molecule has 0 saturated carbocycles. The number of aryl methyl sites for hydroxylation is 1. The smallest absolute Gasteiger partial charge is 0.0344 e. The van der Waals surface area contributed by atoms with Crippen molar-refractivity contribution < 1.29 is 0 Å². The average molecular weight is 237 g/mol. The van der Waals surface area contributed by atoms with Gasteiger partial charge >= 0.3 is 0 Å². The third-order valence-corrected chi connectivity index (χ3v) is 3.06. The van der Waals surface area contributed by atoms with Crippen molar-refractivity contribution in [3.05, 3.63) is 29.3 Å². The van der Waals surface area contributed by atoms with Gasteiger partial charge < -0.3 is 5.73 Å². The van der Waals surface area contributed by atoms with Gasteiger partial charge in [0, 0.05) is 10.6 Å². The standard InChI is InChI=1S/C12H17NS.C2H6/c1-8-7-9(5-6-10(8)13)11(14)12(2,3)4;1-2/h5-7H,13H2,1-4H3;1-2H3. The molecule has 0 aliphatic rings. The van der Waals surface area contributed by atoms with Crippen molar-refractivity contribution in [3.63, 3.8) is 0 Å². The molecule has 1 aromatic rings. The largest absolute Gasteiger partial charge is 0.399 e. The van der Waals surface area contributed by atoms with E-state index in [0.717, 1.165) is 21.7 Å². The van der Waals surface area contributed by atoms with Crippen molar-refractivity contribution in [2.24, 2.45) is 5.41 Å². The normalized spacial score (nSPS) is 10.4. The molecule has 0 saturated heterocycles. The summed E-state index contributed by atoms with van der Waals surface area (Å²) >= 11 is 5.42. The molecule has 2 N–H and O–H groups in total. The van der Waals surface area contributed by atoms with E-state index in [1.807, 2.05) is 32.9 Å². The lowest BCUT2D eigenvalue weighted by molar-refractivity contribution is 0.602. The lowest BCUT2D eigenvalue weighted by atomic mass is 9.87. The van der Waals surface area contributed by atoms with Gasteiger partial charge in [-0.2, -0.15) is 0 Å². The predicted molar refractivity (Wildman–Crippen MR) is 78.1 cm³/mol. The summed E-state index contributed by atoms with van der Waals surface area (Å²) in [4.78, 5) is 0.987.